The smallest absolute Gasteiger partial charge is 0.258 e. The third-order valence-electron chi connectivity index (χ3n) is 4.37. The van der Waals surface area contributed by atoms with Crippen LogP contribution in [-0.2, 0) is 0 Å². The molecule has 0 aliphatic carbocycles. The van der Waals surface area contributed by atoms with Crippen LogP contribution in [0.15, 0.2) is 16.7 Å². The van der Waals surface area contributed by atoms with Crippen LogP contribution in [0, 0.1) is 0 Å². The Balaban J connectivity index is 1.90. The second-order valence-electron chi connectivity index (χ2n) is 5.80. The number of aliphatic hydroxyl groups excluding tert-OH is 1. The van der Waals surface area contributed by atoms with Crippen molar-refractivity contribution in [1.29, 1.82) is 0 Å². The zero-order valence-electron chi connectivity index (χ0n) is 12.1. The predicted octanol–water partition coefficient (Wildman–Crippen LogP) is 2.40. The first-order valence-electron chi connectivity index (χ1n) is 7.50. The number of aromatic nitrogens is 1. The number of anilines is 1. The summed E-state index contributed by atoms with van der Waals surface area (Å²) in [7, 11) is 0. The Bertz CT molecular complexity index is 538. The van der Waals surface area contributed by atoms with Crippen LogP contribution in [0.2, 0.25) is 0 Å². The highest BCUT2D eigenvalue weighted by Gasteiger charge is 2.43. The molecule has 5 nitrogen and oxygen atoms in total. The van der Waals surface area contributed by atoms with E-state index >= 15 is 0 Å². The molecule has 3 rings (SSSR count). The number of carbonyl (C=O) groups excluding carboxylic acids is 1. The lowest BCUT2D eigenvalue weighted by Crippen LogP contribution is -2.48. The molecule has 0 aromatic carbocycles. The van der Waals surface area contributed by atoms with Gasteiger partial charge in [-0.1, -0.05) is 0 Å². The average molecular weight is 354 g/mol. The summed E-state index contributed by atoms with van der Waals surface area (Å²) < 4.78 is 0.803. The molecular formula is C15H20BrN3O2. The number of hydrogen-bond acceptors (Lipinski definition) is 4. The highest BCUT2D eigenvalue weighted by atomic mass is 79.9. The maximum absolute atomic E-state index is 13.0. The van der Waals surface area contributed by atoms with Crippen molar-refractivity contribution < 1.29 is 9.90 Å². The molecule has 2 bridgehead atoms. The third kappa shape index (κ3) is 2.79. The van der Waals surface area contributed by atoms with Crippen molar-refractivity contribution in [3.63, 3.8) is 0 Å². The van der Waals surface area contributed by atoms with E-state index in [-0.39, 0.29) is 24.1 Å². The van der Waals surface area contributed by atoms with Gasteiger partial charge in [-0.2, -0.15) is 0 Å². The van der Waals surface area contributed by atoms with Gasteiger partial charge in [0.15, 0.2) is 0 Å². The van der Waals surface area contributed by atoms with Crippen molar-refractivity contribution >= 4 is 27.7 Å². The Hall–Kier alpha value is -1.14. The molecule has 1 aromatic heterocycles. The minimum Gasteiger partial charge on any atom is -0.393 e. The monoisotopic (exact) mass is 353 g/mol. The number of nitrogens with zero attached hydrogens (tertiary/aromatic N) is 2. The van der Waals surface area contributed by atoms with E-state index in [0.717, 1.165) is 23.9 Å². The number of halogens is 1. The molecule has 2 unspecified atom stereocenters. The van der Waals surface area contributed by atoms with Gasteiger partial charge in [0.05, 0.1) is 11.7 Å². The van der Waals surface area contributed by atoms with Crippen LogP contribution in [0.1, 0.15) is 43.0 Å². The number of carbonyl (C=O) groups is 1. The van der Waals surface area contributed by atoms with E-state index < -0.39 is 0 Å². The number of rotatable bonds is 3. The summed E-state index contributed by atoms with van der Waals surface area (Å²) in [6, 6.07) is 2.16. The van der Waals surface area contributed by atoms with E-state index in [2.05, 4.69) is 26.2 Å². The van der Waals surface area contributed by atoms with Crippen LogP contribution in [0.5, 0.6) is 0 Å². The maximum Gasteiger partial charge on any atom is 0.258 e. The number of amides is 1. The Morgan fingerprint density at radius 3 is 2.76 bits per heavy atom. The fourth-order valence-electron chi connectivity index (χ4n) is 3.53. The van der Waals surface area contributed by atoms with Gasteiger partial charge >= 0.3 is 0 Å². The molecule has 2 fully saturated rings. The molecule has 0 spiro atoms. The van der Waals surface area contributed by atoms with E-state index in [1.54, 1.807) is 6.20 Å². The molecule has 21 heavy (non-hydrogen) atoms. The summed E-state index contributed by atoms with van der Waals surface area (Å²) >= 11 is 3.39. The maximum atomic E-state index is 13.0. The van der Waals surface area contributed by atoms with Gasteiger partial charge in [-0.05, 0) is 54.6 Å². The first-order chi connectivity index (χ1) is 10.1. The van der Waals surface area contributed by atoms with Crippen LogP contribution >= 0.6 is 15.9 Å². The molecule has 1 amide bonds. The average Bonchev–Trinajstić information content (AvgIpc) is 2.72. The largest absolute Gasteiger partial charge is 0.393 e. The summed E-state index contributed by atoms with van der Waals surface area (Å²) in [5.74, 6) is 0.662. The Morgan fingerprint density at radius 2 is 2.14 bits per heavy atom. The molecule has 6 heteroatoms. The zero-order chi connectivity index (χ0) is 15.0. The Labute approximate surface area is 132 Å². The molecule has 0 saturated carbocycles. The van der Waals surface area contributed by atoms with Gasteiger partial charge in [-0.25, -0.2) is 4.98 Å². The second-order valence-corrected chi connectivity index (χ2v) is 6.72. The summed E-state index contributed by atoms with van der Waals surface area (Å²) in [5.41, 5.74) is 0.611. The molecule has 1 aromatic rings. The standard InChI is InChI=1S/C15H20BrN3O2/c1-2-17-14-13(5-9(16)8-18-14)15(21)19-10-3-4-11(19)7-12(20)6-10/h5,8,10-12,20H,2-4,6-7H2,1H3,(H,17,18). The molecule has 2 aliphatic heterocycles. The van der Waals surface area contributed by atoms with Crippen LogP contribution < -0.4 is 5.32 Å². The number of fused-ring (bicyclic) bond motifs is 2. The van der Waals surface area contributed by atoms with Gasteiger partial charge in [0.25, 0.3) is 5.91 Å². The molecule has 0 radical (unpaired) electrons. The molecule has 3 heterocycles. The third-order valence-corrected chi connectivity index (χ3v) is 4.81. The lowest BCUT2D eigenvalue weighted by molar-refractivity contribution is 0.0287. The summed E-state index contributed by atoms with van der Waals surface area (Å²) in [4.78, 5) is 19.2. The quantitative estimate of drug-likeness (QED) is 0.875. The first kappa shape index (κ1) is 14.8. The van der Waals surface area contributed by atoms with Crippen LogP contribution in [-0.4, -0.2) is 45.6 Å². The predicted molar refractivity (Wildman–Crippen MR) is 84.3 cm³/mol. The number of hydrogen-bond donors (Lipinski definition) is 2. The summed E-state index contributed by atoms with van der Waals surface area (Å²) in [6.45, 7) is 2.71. The fraction of sp³-hybridized carbons (Fsp3) is 0.600. The number of nitrogens with one attached hydrogen (secondary N) is 1. The van der Waals surface area contributed by atoms with E-state index in [1.807, 2.05) is 17.9 Å². The molecule has 2 atom stereocenters. The summed E-state index contributed by atoms with van der Waals surface area (Å²) in [5, 5.41) is 13.0. The first-order valence-corrected chi connectivity index (χ1v) is 8.29. The molecule has 2 saturated heterocycles. The second kappa shape index (κ2) is 5.93. The van der Waals surface area contributed by atoms with E-state index in [0.29, 0.717) is 24.2 Å². The van der Waals surface area contributed by atoms with Crippen LogP contribution in [0.3, 0.4) is 0 Å². The van der Waals surface area contributed by atoms with Crippen LogP contribution in [0.4, 0.5) is 5.82 Å². The van der Waals surface area contributed by atoms with Gasteiger partial charge in [-0.3, -0.25) is 4.79 Å². The number of aliphatic hydroxyl groups is 1. The van der Waals surface area contributed by atoms with E-state index in [4.69, 9.17) is 0 Å². The van der Waals surface area contributed by atoms with Gasteiger partial charge in [0.1, 0.15) is 5.82 Å². The zero-order valence-corrected chi connectivity index (χ0v) is 13.6. The minimum atomic E-state index is -0.263. The van der Waals surface area contributed by atoms with Gasteiger partial charge in [0.2, 0.25) is 0 Å². The lowest BCUT2D eigenvalue weighted by Gasteiger charge is -2.37. The SMILES string of the molecule is CCNc1ncc(Br)cc1C(=O)N1C2CCC1CC(O)C2. The van der Waals surface area contributed by atoms with E-state index in [9.17, 15) is 9.90 Å². The molecule has 2 N–H and O–H groups in total. The van der Waals surface area contributed by atoms with Crippen molar-refractivity contribution in [2.75, 3.05) is 11.9 Å². The lowest BCUT2D eigenvalue weighted by atomic mass is 9.99. The highest BCUT2D eigenvalue weighted by Crippen LogP contribution is 2.37. The van der Waals surface area contributed by atoms with Crippen LogP contribution in [0.25, 0.3) is 0 Å². The molecule has 114 valence electrons. The Morgan fingerprint density at radius 1 is 1.48 bits per heavy atom. The van der Waals surface area contributed by atoms with Gasteiger partial charge in [0, 0.05) is 29.3 Å². The van der Waals surface area contributed by atoms with Gasteiger partial charge in [-0.15, -0.1) is 0 Å². The number of piperidine rings is 1. The van der Waals surface area contributed by atoms with Gasteiger partial charge < -0.3 is 15.3 Å². The summed E-state index contributed by atoms with van der Waals surface area (Å²) in [6.07, 6.45) is 4.81. The highest BCUT2D eigenvalue weighted by molar-refractivity contribution is 9.10. The molecule has 2 aliphatic rings. The fourth-order valence-corrected chi connectivity index (χ4v) is 3.86. The number of pyridine rings is 1. The topological polar surface area (TPSA) is 65.5 Å². The normalized spacial score (nSPS) is 27.8. The van der Waals surface area contributed by atoms with Crippen molar-refractivity contribution in [3.05, 3.63) is 22.3 Å². The van der Waals surface area contributed by atoms with Crippen molar-refractivity contribution in [2.45, 2.75) is 50.8 Å². The van der Waals surface area contributed by atoms with Crippen molar-refractivity contribution in [2.24, 2.45) is 0 Å². The van der Waals surface area contributed by atoms with E-state index in [1.165, 1.54) is 0 Å². The van der Waals surface area contributed by atoms with Crippen molar-refractivity contribution in [1.82, 2.24) is 9.88 Å². The minimum absolute atomic E-state index is 0.0270. The molecular weight excluding hydrogens is 334 g/mol. The Kier molecular flexibility index (Phi) is 4.17. The van der Waals surface area contributed by atoms with Crippen molar-refractivity contribution in [3.8, 4) is 0 Å².